The molecule has 0 radical (unpaired) electrons. The quantitative estimate of drug-likeness (QED) is 0.450. The van der Waals surface area contributed by atoms with Gasteiger partial charge in [-0.3, -0.25) is 4.79 Å². The molecule has 0 unspecified atom stereocenters. The minimum absolute atomic E-state index is 0.0891. The van der Waals surface area contributed by atoms with Crippen LogP contribution in [0.2, 0.25) is 0 Å². The minimum Gasteiger partial charge on any atom is -0.467 e. The third-order valence-electron chi connectivity index (χ3n) is 5.11. The first-order valence-electron chi connectivity index (χ1n) is 9.81. The Bertz CT molecular complexity index is 1130. The van der Waals surface area contributed by atoms with Crippen LogP contribution in [-0.2, 0) is 18.5 Å². The Morgan fingerprint density at radius 3 is 2.55 bits per heavy atom. The third-order valence-corrected chi connectivity index (χ3v) is 6.10. The SMILES string of the molecule is Cc1cc2c(cc(C(=O)NCc3ccco3)n2Cc2ccc(C(C)(C)C)cc2)s1. The summed E-state index contributed by atoms with van der Waals surface area (Å²) >= 11 is 1.72. The molecule has 0 atom stereocenters. The first-order chi connectivity index (χ1) is 13.8. The van der Waals surface area contributed by atoms with Crippen LogP contribution in [0, 0.1) is 6.92 Å². The van der Waals surface area contributed by atoms with Crippen LogP contribution < -0.4 is 5.32 Å². The van der Waals surface area contributed by atoms with Crippen LogP contribution in [0.4, 0.5) is 0 Å². The number of thiophene rings is 1. The number of amides is 1. The van der Waals surface area contributed by atoms with E-state index in [2.05, 4.69) is 67.9 Å². The lowest BCUT2D eigenvalue weighted by molar-refractivity contribution is 0.0939. The van der Waals surface area contributed by atoms with Gasteiger partial charge < -0.3 is 14.3 Å². The van der Waals surface area contributed by atoms with Crippen molar-refractivity contribution in [2.75, 3.05) is 0 Å². The van der Waals surface area contributed by atoms with Crippen molar-refractivity contribution in [3.63, 3.8) is 0 Å². The molecular formula is C24H26N2O2S. The molecule has 3 aromatic heterocycles. The Hall–Kier alpha value is -2.79. The number of rotatable bonds is 5. The molecule has 0 spiro atoms. The molecule has 4 rings (SSSR count). The van der Waals surface area contributed by atoms with Crippen molar-refractivity contribution < 1.29 is 9.21 Å². The number of hydrogen-bond donors (Lipinski definition) is 1. The molecule has 0 fully saturated rings. The second-order valence-corrected chi connectivity index (χ2v) is 9.72. The van der Waals surface area contributed by atoms with Gasteiger partial charge in [0.15, 0.2) is 0 Å². The Balaban J connectivity index is 1.63. The number of aryl methyl sites for hydroxylation is 1. The highest BCUT2D eigenvalue weighted by atomic mass is 32.1. The van der Waals surface area contributed by atoms with E-state index in [-0.39, 0.29) is 11.3 Å². The summed E-state index contributed by atoms with van der Waals surface area (Å²) < 4.78 is 8.57. The van der Waals surface area contributed by atoms with E-state index < -0.39 is 0 Å². The molecule has 1 aromatic carbocycles. The van der Waals surface area contributed by atoms with Gasteiger partial charge in [0.1, 0.15) is 11.5 Å². The number of carbonyl (C=O) groups is 1. The lowest BCUT2D eigenvalue weighted by Crippen LogP contribution is -2.25. The van der Waals surface area contributed by atoms with E-state index in [0.29, 0.717) is 18.8 Å². The first kappa shape index (κ1) is 19.5. The van der Waals surface area contributed by atoms with Gasteiger partial charge in [-0.25, -0.2) is 0 Å². The highest BCUT2D eigenvalue weighted by molar-refractivity contribution is 7.19. The molecule has 1 N–H and O–H groups in total. The van der Waals surface area contributed by atoms with Crippen LogP contribution >= 0.6 is 11.3 Å². The smallest absolute Gasteiger partial charge is 0.268 e. The number of nitrogens with one attached hydrogen (secondary N) is 1. The number of hydrogen-bond acceptors (Lipinski definition) is 3. The number of aromatic nitrogens is 1. The van der Waals surface area contributed by atoms with Crippen molar-refractivity contribution in [2.45, 2.75) is 46.2 Å². The van der Waals surface area contributed by atoms with Gasteiger partial charge in [0.2, 0.25) is 0 Å². The van der Waals surface area contributed by atoms with E-state index in [9.17, 15) is 4.79 Å². The van der Waals surface area contributed by atoms with Crippen LogP contribution in [-0.4, -0.2) is 10.5 Å². The number of fused-ring (bicyclic) bond motifs is 1. The average Bonchev–Trinajstić information content (AvgIpc) is 3.37. The van der Waals surface area contributed by atoms with Gasteiger partial charge in [-0.1, -0.05) is 45.0 Å². The molecule has 150 valence electrons. The second-order valence-electron chi connectivity index (χ2n) is 8.43. The van der Waals surface area contributed by atoms with Crippen LogP contribution in [0.1, 0.15) is 53.0 Å². The zero-order chi connectivity index (χ0) is 20.6. The summed E-state index contributed by atoms with van der Waals surface area (Å²) in [6.45, 7) is 9.79. The summed E-state index contributed by atoms with van der Waals surface area (Å²) in [7, 11) is 0. The third kappa shape index (κ3) is 4.15. The van der Waals surface area contributed by atoms with Crippen molar-refractivity contribution in [1.29, 1.82) is 0 Å². The Morgan fingerprint density at radius 1 is 1.14 bits per heavy atom. The molecule has 0 aliphatic rings. The van der Waals surface area contributed by atoms with E-state index >= 15 is 0 Å². The summed E-state index contributed by atoms with van der Waals surface area (Å²) in [5.41, 5.74) is 4.40. The molecule has 0 bridgehead atoms. The zero-order valence-electron chi connectivity index (χ0n) is 17.3. The maximum atomic E-state index is 12.9. The van der Waals surface area contributed by atoms with E-state index in [0.717, 1.165) is 16.0 Å². The minimum atomic E-state index is -0.0891. The van der Waals surface area contributed by atoms with E-state index in [4.69, 9.17) is 4.42 Å². The van der Waals surface area contributed by atoms with E-state index in [1.165, 1.54) is 16.0 Å². The molecule has 29 heavy (non-hydrogen) atoms. The molecule has 4 aromatic rings. The van der Waals surface area contributed by atoms with Crippen LogP contribution in [0.3, 0.4) is 0 Å². The largest absolute Gasteiger partial charge is 0.467 e. The standard InChI is InChI=1S/C24H26N2O2S/c1-16-12-20-22(29-16)13-21(23(27)25-14-19-6-5-11-28-19)26(20)15-17-7-9-18(10-8-17)24(2,3)4/h5-13H,14-15H2,1-4H3,(H,25,27). The van der Waals surface area contributed by atoms with Gasteiger partial charge in [0.05, 0.1) is 23.0 Å². The normalized spacial score (nSPS) is 11.9. The predicted molar refractivity (Wildman–Crippen MR) is 119 cm³/mol. The van der Waals surface area contributed by atoms with Crippen molar-refractivity contribution in [3.8, 4) is 0 Å². The molecule has 3 heterocycles. The Labute approximate surface area is 175 Å². The Kier molecular flexibility index (Phi) is 5.09. The van der Waals surface area contributed by atoms with E-state index in [1.807, 2.05) is 18.2 Å². The van der Waals surface area contributed by atoms with Gasteiger partial charge in [0, 0.05) is 11.4 Å². The van der Waals surface area contributed by atoms with Gasteiger partial charge in [-0.05, 0) is 47.7 Å². The van der Waals surface area contributed by atoms with Crippen LogP contribution in [0.15, 0.2) is 59.2 Å². The number of benzene rings is 1. The summed E-state index contributed by atoms with van der Waals surface area (Å²) in [6, 6.07) is 16.5. The van der Waals surface area contributed by atoms with Gasteiger partial charge in [-0.2, -0.15) is 0 Å². The number of furan rings is 1. The molecule has 5 heteroatoms. The molecule has 0 saturated heterocycles. The second kappa shape index (κ2) is 7.56. The first-order valence-corrected chi connectivity index (χ1v) is 10.6. The highest BCUT2D eigenvalue weighted by Crippen LogP contribution is 2.30. The van der Waals surface area contributed by atoms with Crippen LogP contribution in [0.5, 0.6) is 0 Å². The fraction of sp³-hybridized carbons (Fsp3) is 0.292. The van der Waals surface area contributed by atoms with Crippen molar-refractivity contribution >= 4 is 27.5 Å². The van der Waals surface area contributed by atoms with Crippen LogP contribution in [0.25, 0.3) is 10.2 Å². The van der Waals surface area contributed by atoms with Gasteiger partial charge in [-0.15, -0.1) is 11.3 Å². The maximum absolute atomic E-state index is 12.9. The summed E-state index contributed by atoms with van der Waals surface area (Å²) in [6.07, 6.45) is 1.62. The molecule has 0 aliphatic carbocycles. The lowest BCUT2D eigenvalue weighted by Gasteiger charge is -2.19. The molecule has 0 saturated carbocycles. The predicted octanol–water partition coefficient (Wildman–Crippen LogP) is 5.88. The summed E-state index contributed by atoms with van der Waals surface area (Å²) in [5.74, 6) is 0.653. The lowest BCUT2D eigenvalue weighted by atomic mass is 9.87. The highest BCUT2D eigenvalue weighted by Gasteiger charge is 2.18. The van der Waals surface area contributed by atoms with Crippen molar-refractivity contribution in [2.24, 2.45) is 0 Å². The van der Waals surface area contributed by atoms with Gasteiger partial charge >= 0.3 is 0 Å². The molecule has 4 nitrogen and oxygen atoms in total. The number of carbonyl (C=O) groups excluding carboxylic acids is 1. The molecular weight excluding hydrogens is 380 g/mol. The number of nitrogens with zero attached hydrogens (tertiary/aromatic N) is 1. The maximum Gasteiger partial charge on any atom is 0.268 e. The Morgan fingerprint density at radius 2 is 1.90 bits per heavy atom. The zero-order valence-corrected chi connectivity index (χ0v) is 18.1. The average molecular weight is 407 g/mol. The topological polar surface area (TPSA) is 47.2 Å². The summed E-state index contributed by atoms with van der Waals surface area (Å²) in [5, 5.41) is 2.97. The molecule has 0 aliphatic heterocycles. The summed E-state index contributed by atoms with van der Waals surface area (Å²) in [4.78, 5) is 14.2. The van der Waals surface area contributed by atoms with Crippen molar-refractivity contribution in [3.05, 3.63) is 82.3 Å². The monoisotopic (exact) mass is 406 g/mol. The fourth-order valence-corrected chi connectivity index (χ4v) is 4.45. The van der Waals surface area contributed by atoms with E-state index in [1.54, 1.807) is 17.6 Å². The fourth-order valence-electron chi connectivity index (χ4n) is 3.49. The molecule has 1 amide bonds. The van der Waals surface area contributed by atoms with Crippen molar-refractivity contribution in [1.82, 2.24) is 9.88 Å². The van der Waals surface area contributed by atoms with Gasteiger partial charge in [0.25, 0.3) is 5.91 Å².